The molecule has 0 unspecified atom stereocenters. The molecule has 0 aromatic carbocycles. The largest absolute Gasteiger partial charge is 0.345 e. The predicted molar refractivity (Wildman–Crippen MR) is 49.0 cm³/mol. The van der Waals surface area contributed by atoms with E-state index in [0.29, 0.717) is 0 Å². The molecule has 4 heteroatoms. The molecule has 3 nitrogen and oxygen atoms in total. The Morgan fingerprint density at radius 2 is 2.25 bits per heavy atom. The van der Waals surface area contributed by atoms with Gasteiger partial charge in [0.2, 0.25) is 0 Å². The Balaban J connectivity index is 2.31. The molecule has 1 amide bonds. The molecule has 2 rings (SSSR count). The summed E-state index contributed by atoms with van der Waals surface area (Å²) in [4.78, 5) is 13.3. The lowest BCUT2D eigenvalue weighted by Crippen LogP contribution is -2.13. The van der Waals surface area contributed by atoms with Gasteiger partial charge in [0.15, 0.2) is 0 Å². The molecular weight excluding hydrogens is 220 g/mol. The van der Waals surface area contributed by atoms with E-state index in [0.717, 1.165) is 23.3 Å². The van der Waals surface area contributed by atoms with Gasteiger partial charge in [-0.25, -0.2) is 0 Å². The van der Waals surface area contributed by atoms with E-state index >= 15 is 0 Å². The minimum atomic E-state index is 0.128. The van der Waals surface area contributed by atoms with Crippen molar-refractivity contribution in [2.45, 2.75) is 0 Å². The molecule has 1 aromatic heterocycles. The first kappa shape index (κ1) is 7.86. The Labute approximate surface area is 79.1 Å². The van der Waals surface area contributed by atoms with Crippen LogP contribution in [-0.4, -0.2) is 28.5 Å². The van der Waals surface area contributed by atoms with Gasteiger partial charge < -0.3 is 9.47 Å². The molecule has 0 bridgehead atoms. The Morgan fingerprint density at radius 3 is 2.67 bits per heavy atom. The topological polar surface area (TPSA) is 25.0 Å². The van der Waals surface area contributed by atoms with E-state index in [1.165, 1.54) is 0 Å². The lowest BCUT2D eigenvalue weighted by molar-refractivity contribution is 0.0877. The third-order valence-electron chi connectivity index (χ3n) is 1.93. The maximum absolute atomic E-state index is 11.5. The highest BCUT2D eigenvalue weighted by atomic mass is 79.9. The van der Waals surface area contributed by atoms with Crippen molar-refractivity contribution in [3.05, 3.63) is 22.4 Å². The van der Waals surface area contributed by atoms with Gasteiger partial charge >= 0.3 is 0 Å². The molecular formula is C8H9BrN2O. The average Bonchev–Trinajstić information content (AvgIpc) is 2.77. The highest BCUT2D eigenvalue weighted by Crippen LogP contribution is 2.17. The fourth-order valence-electron chi connectivity index (χ4n) is 1.15. The summed E-state index contributed by atoms with van der Waals surface area (Å²) < 4.78 is 2.79. The zero-order chi connectivity index (χ0) is 8.72. The summed E-state index contributed by atoms with van der Waals surface area (Å²) in [5.41, 5.74) is 0.749. The van der Waals surface area contributed by atoms with Crippen LogP contribution >= 0.6 is 15.9 Å². The molecule has 0 spiro atoms. The zero-order valence-corrected chi connectivity index (χ0v) is 8.34. The number of rotatable bonds is 1. The summed E-state index contributed by atoms with van der Waals surface area (Å²) in [6.07, 6.45) is 1.89. The van der Waals surface area contributed by atoms with Gasteiger partial charge in [0.25, 0.3) is 5.91 Å². The van der Waals surface area contributed by atoms with E-state index in [2.05, 4.69) is 15.9 Å². The van der Waals surface area contributed by atoms with Crippen molar-refractivity contribution in [3.63, 3.8) is 0 Å². The molecule has 0 aliphatic carbocycles. The molecule has 1 fully saturated rings. The van der Waals surface area contributed by atoms with Crippen LogP contribution in [0.5, 0.6) is 0 Å². The molecule has 1 saturated heterocycles. The van der Waals surface area contributed by atoms with E-state index in [1.54, 1.807) is 0 Å². The van der Waals surface area contributed by atoms with Crippen molar-refractivity contribution in [2.24, 2.45) is 7.05 Å². The average molecular weight is 229 g/mol. The molecule has 0 atom stereocenters. The van der Waals surface area contributed by atoms with Gasteiger partial charge in [-0.3, -0.25) is 4.79 Å². The standard InChI is InChI=1S/C8H9BrN2O/c1-10-5-6(9)4-7(10)8(12)11-2-3-11/h4-5H,2-3H2,1H3. The van der Waals surface area contributed by atoms with E-state index in [9.17, 15) is 4.79 Å². The first-order valence-electron chi connectivity index (χ1n) is 3.79. The second kappa shape index (κ2) is 2.62. The van der Waals surface area contributed by atoms with Gasteiger partial charge in [0, 0.05) is 30.8 Å². The maximum atomic E-state index is 11.5. The quantitative estimate of drug-likeness (QED) is 0.665. The molecule has 64 valence electrons. The Morgan fingerprint density at radius 1 is 1.58 bits per heavy atom. The molecule has 1 aromatic rings. The summed E-state index contributed by atoms with van der Waals surface area (Å²) in [5, 5.41) is 0. The van der Waals surface area contributed by atoms with Crippen LogP contribution in [0, 0.1) is 0 Å². The lowest BCUT2D eigenvalue weighted by Gasteiger charge is -2.01. The van der Waals surface area contributed by atoms with Crippen molar-refractivity contribution in [1.82, 2.24) is 9.47 Å². The summed E-state index contributed by atoms with van der Waals surface area (Å²) in [6.45, 7) is 1.81. The van der Waals surface area contributed by atoms with Crippen LogP contribution in [0.3, 0.4) is 0 Å². The molecule has 0 saturated carbocycles. The van der Waals surface area contributed by atoms with Gasteiger partial charge in [-0.05, 0) is 22.0 Å². The van der Waals surface area contributed by atoms with Gasteiger partial charge in [0.05, 0.1) is 0 Å². The summed E-state index contributed by atoms with van der Waals surface area (Å²) in [7, 11) is 1.88. The third kappa shape index (κ3) is 1.27. The molecule has 2 heterocycles. The normalized spacial score (nSPS) is 15.0. The predicted octanol–water partition coefficient (Wildman–Crippen LogP) is 1.24. The van der Waals surface area contributed by atoms with Crippen molar-refractivity contribution >= 4 is 21.8 Å². The molecule has 12 heavy (non-hydrogen) atoms. The van der Waals surface area contributed by atoms with Gasteiger partial charge in [0.1, 0.15) is 5.69 Å². The van der Waals surface area contributed by atoms with Crippen LogP contribution in [0.4, 0.5) is 0 Å². The molecule has 0 radical (unpaired) electrons. The van der Waals surface area contributed by atoms with Crippen LogP contribution in [0.1, 0.15) is 10.5 Å². The number of carbonyl (C=O) groups is 1. The highest BCUT2D eigenvalue weighted by Gasteiger charge is 2.26. The Kier molecular flexibility index (Phi) is 1.72. The van der Waals surface area contributed by atoms with Crippen LogP contribution < -0.4 is 0 Å². The van der Waals surface area contributed by atoms with E-state index in [1.807, 2.05) is 28.8 Å². The highest BCUT2D eigenvalue weighted by molar-refractivity contribution is 9.10. The van der Waals surface area contributed by atoms with Gasteiger partial charge in [-0.15, -0.1) is 0 Å². The van der Waals surface area contributed by atoms with Gasteiger partial charge in [-0.2, -0.15) is 0 Å². The minimum absolute atomic E-state index is 0.128. The number of nitrogens with zero attached hydrogens (tertiary/aromatic N) is 2. The monoisotopic (exact) mass is 228 g/mol. The SMILES string of the molecule is Cn1cc(Br)cc1C(=O)N1CC1. The number of carbonyl (C=O) groups excluding carboxylic acids is 1. The minimum Gasteiger partial charge on any atom is -0.345 e. The summed E-state index contributed by atoms with van der Waals surface area (Å²) in [6, 6.07) is 1.85. The number of aromatic nitrogens is 1. The second-order valence-electron chi connectivity index (χ2n) is 2.95. The van der Waals surface area contributed by atoms with Crippen LogP contribution in [0.25, 0.3) is 0 Å². The number of amides is 1. The van der Waals surface area contributed by atoms with Crippen molar-refractivity contribution in [1.29, 1.82) is 0 Å². The molecule has 0 N–H and O–H groups in total. The zero-order valence-electron chi connectivity index (χ0n) is 6.75. The smallest absolute Gasteiger partial charge is 0.270 e. The number of hydrogen-bond donors (Lipinski definition) is 0. The fourth-order valence-corrected chi connectivity index (χ4v) is 1.68. The van der Waals surface area contributed by atoms with Crippen LogP contribution in [0.2, 0.25) is 0 Å². The summed E-state index contributed by atoms with van der Waals surface area (Å²) >= 11 is 3.33. The second-order valence-corrected chi connectivity index (χ2v) is 3.86. The van der Waals surface area contributed by atoms with E-state index in [-0.39, 0.29) is 5.91 Å². The number of aryl methyl sites for hydroxylation is 1. The Hall–Kier alpha value is -0.770. The van der Waals surface area contributed by atoms with Crippen molar-refractivity contribution in [3.8, 4) is 0 Å². The van der Waals surface area contributed by atoms with Crippen molar-refractivity contribution < 1.29 is 4.79 Å². The number of hydrogen-bond acceptors (Lipinski definition) is 1. The van der Waals surface area contributed by atoms with Crippen LogP contribution in [-0.2, 0) is 7.05 Å². The van der Waals surface area contributed by atoms with E-state index in [4.69, 9.17) is 0 Å². The van der Waals surface area contributed by atoms with Crippen LogP contribution in [0.15, 0.2) is 16.7 Å². The van der Waals surface area contributed by atoms with E-state index < -0.39 is 0 Å². The maximum Gasteiger partial charge on any atom is 0.270 e. The molecule has 1 aliphatic rings. The molecule has 1 aliphatic heterocycles. The fraction of sp³-hybridized carbons (Fsp3) is 0.375. The summed E-state index contributed by atoms with van der Waals surface area (Å²) in [5.74, 6) is 0.128. The number of halogens is 1. The van der Waals surface area contributed by atoms with Gasteiger partial charge in [-0.1, -0.05) is 0 Å². The lowest BCUT2D eigenvalue weighted by atomic mass is 10.4. The first-order chi connectivity index (χ1) is 5.68. The Bertz CT molecular complexity index is 328. The van der Waals surface area contributed by atoms with Crippen molar-refractivity contribution in [2.75, 3.05) is 13.1 Å². The first-order valence-corrected chi connectivity index (χ1v) is 4.59. The third-order valence-corrected chi connectivity index (χ3v) is 2.36.